The number of carbonyl (C=O) groups excluding carboxylic acids is 1. The van der Waals surface area contributed by atoms with Gasteiger partial charge in [-0.1, -0.05) is 30.0 Å². The number of ether oxygens (including phenoxy) is 1. The van der Waals surface area contributed by atoms with Gasteiger partial charge in [0.1, 0.15) is 21.5 Å². The summed E-state index contributed by atoms with van der Waals surface area (Å²) in [6, 6.07) is 13.3. The summed E-state index contributed by atoms with van der Waals surface area (Å²) in [5, 5.41) is 8.93. The molecule has 1 aromatic carbocycles. The number of pyridine rings is 1. The van der Waals surface area contributed by atoms with Crippen LogP contribution in [0.25, 0.3) is 11.7 Å². The maximum Gasteiger partial charge on any atom is 0.303 e. The zero-order chi connectivity index (χ0) is 27.5. The molecular formula is C27H27N5O5S2. The molecule has 2 saturated heterocycles. The van der Waals surface area contributed by atoms with Crippen LogP contribution >= 0.6 is 24.0 Å². The first-order chi connectivity index (χ1) is 18.9. The molecule has 0 aliphatic carbocycles. The van der Waals surface area contributed by atoms with Gasteiger partial charge in [-0.2, -0.15) is 0 Å². The standard InChI is InChI=1S/C27H27N5O5S2/c1-37-19-9-7-18(8-10-19)29-13-15-30(16-14-29)24-20(25(35)31-11-3-2-5-22(31)28-24)17-21-26(36)32(27(38)39-21)12-4-6-23(33)34/h2-3,5,7-11,17H,4,6,12-16H2,1H3,(H,33,34)/b21-17-. The SMILES string of the molecule is COc1ccc(N2CCN(c3nc4ccccn4c(=O)c3/C=C3\SC(=S)N(CCCC(=O)O)C3=O)CC2)cc1. The zero-order valence-corrected chi connectivity index (χ0v) is 22.9. The van der Waals surface area contributed by atoms with E-state index in [-0.39, 0.29) is 24.4 Å². The Bertz CT molecular complexity index is 1510. The number of carbonyl (C=O) groups is 2. The van der Waals surface area contributed by atoms with Gasteiger partial charge in [-0.3, -0.25) is 23.7 Å². The molecule has 2 aliphatic rings. The first-order valence-electron chi connectivity index (χ1n) is 12.5. The molecule has 0 atom stereocenters. The highest BCUT2D eigenvalue weighted by Gasteiger charge is 2.33. The van der Waals surface area contributed by atoms with Crippen molar-refractivity contribution in [3.63, 3.8) is 0 Å². The number of carboxylic acid groups (broad SMARTS) is 1. The summed E-state index contributed by atoms with van der Waals surface area (Å²) in [6.45, 7) is 2.95. The Hall–Kier alpha value is -3.90. The highest BCUT2D eigenvalue weighted by molar-refractivity contribution is 8.26. The third-order valence-corrected chi connectivity index (χ3v) is 8.06. The lowest BCUT2D eigenvalue weighted by molar-refractivity contribution is -0.137. The average Bonchev–Trinajstić information content (AvgIpc) is 3.22. The number of anilines is 2. The monoisotopic (exact) mass is 565 g/mol. The first kappa shape index (κ1) is 26.7. The Morgan fingerprint density at radius 1 is 1.10 bits per heavy atom. The Balaban J connectivity index is 1.44. The van der Waals surface area contributed by atoms with E-state index < -0.39 is 5.97 Å². The second-order valence-electron chi connectivity index (χ2n) is 9.09. The lowest BCUT2D eigenvalue weighted by Gasteiger charge is -2.37. The molecule has 0 radical (unpaired) electrons. The van der Waals surface area contributed by atoms with E-state index in [9.17, 15) is 14.4 Å². The van der Waals surface area contributed by atoms with Crippen molar-refractivity contribution in [3.05, 3.63) is 69.5 Å². The van der Waals surface area contributed by atoms with Gasteiger partial charge in [0.05, 0.1) is 17.6 Å². The van der Waals surface area contributed by atoms with Crippen molar-refractivity contribution in [3.8, 4) is 5.75 Å². The Morgan fingerprint density at radius 3 is 2.51 bits per heavy atom. The molecular weight excluding hydrogens is 538 g/mol. The Labute approximate surface area is 234 Å². The lowest BCUT2D eigenvalue weighted by Crippen LogP contribution is -2.47. The predicted molar refractivity (Wildman–Crippen MR) is 156 cm³/mol. The Kier molecular flexibility index (Phi) is 7.84. The smallest absolute Gasteiger partial charge is 0.303 e. The molecule has 0 spiro atoms. The lowest BCUT2D eigenvalue weighted by atomic mass is 10.2. The van der Waals surface area contributed by atoms with Crippen LogP contribution in [-0.4, -0.2) is 75.4 Å². The van der Waals surface area contributed by atoms with Crippen molar-refractivity contribution in [2.24, 2.45) is 0 Å². The van der Waals surface area contributed by atoms with Crippen molar-refractivity contribution in [1.29, 1.82) is 0 Å². The largest absolute Gasteiger partial charge is 0.497 e. The summed E-state index contributed by atoms with van der Waals surface area (Å²) < 4.78 is 7.08. The maximum atomic E-state index is 13.6. The number of aromatic nitrogens is 2. The van der Waals surface area contributed by atoms with Gasteiger partial charge in [0.15, 0.2) is 0 Å². The molecule has 2 aliphatic heterocycles. The maximum absolute atomic E-state index is 13.6. The molecule has 2 aromatic heterocycles. The summed E-state index contributed by atoms with van der Waals surface area (Å²) in [5.41, 5.74) is 1.66. The molecule has 0 bridgehead atoms. The number of benzene rings is 1. The number of aliphatic carboxylic acids is 1. The van der Waals surface area contributed by atoms with Crippen molar-refractivity contribution in [2.75, 3.05) is 49.6 Å². The van der Waals surface area contributed by atoms with Gasteiger partial charge < -0.3 is 19.6 Å². The minimum atomic E-state index is -0.928. The number of fused-ring (bicyclic) bond motifs is 1. The predicted octanol–water partition coefficient (Wildman–Crippen LogP) is 3.10. The van der Waals surface area contributed by atoms with E-state index in [1.54, 1.807) is 31.5 Å². The van der Waals surface area contributed by atoms with Gasteiger partial charge >= 0.3 is 5.97 Å². The van der Waals surface area contributed by atoms with Gasteiger partial charge in [-0.05, 0) is 48.9 Å². The van der Waals surface area contributed by atoms with Crippen molar-refractivity contribution < 1.29 is 19.4 Å². The van der Waals surface area contributed by atoms with E-state index in [4.69, 9.17) is 27.0 Å². The van der Waals surface area contributed by atoms with E-state index in [2.05, 4.69) is 9.80 Å². The minimum absolute atomic E-state index is 0.0568. The van der Waals surface area contributed by atoms with Crippen LogP contribution in [0.4, 0.5) is 11.5 Å². The third kappa shape index (κ3) is 5.62. The number of nitrogens with zero attached hydrogens (tertiary/aromatic N) is 5. The summed E-state index contributed by atoms with van der Waals surface area (Å²) in [6.07, 6.45) is 3.47. The van der Waals surface area contributed by atoms with Crippen LogP contribution in [0.5, 0.6) is 5.75 Å². The van der Waals surface area contributed by atoms with Crippen molar-refractivity contribution in [2.45, 2.75) is 12.8 Å². The fourth-order valence-electron chi connectivity index (χ4n) is 4.64. The minimum Gasteiger partial charge on any atom is -0.497 e. The average molecular weight is 566 g/mol. The molecule has 12 heteroatoms. The third-order valence-electron chi connectivity index (χ3n) is 6.69. The Morgan fingerprint density at radius 2 is 1.82 bits per heavy atom. The molecule has 0 saturated carbocycles. The number of piperazine rings is 1. The topological polar surface area (TPSA) is 108 Å². The van der Waals surface area contributed by atoms with E-state index >= 15 is 0 Å². The molecule has 1 amide bonds. The van der Waals surface area contributed by atoms with E-state index in [0.29, 0.717) is 45.8 Å². The fourth-order valence-corrected chi connectivity index (χ4v) is 5.93. The van der Waals surface area contributed by atoms with Crippen LogP contribution in [0.15, 0.2) is 58.4 Å². The van der Waals surface area contributed by atoms with E-state index in [1.165, 1.54) is 9.30 Å². The molecule has 1 N–H and O–H groups in total. The summed E-state index contributed by atoms with van der Waals surface area (Å²) in [7, 11) is 1.64. The van der Waals surface area contributed by atoms with Gasteiger partial charge in [-0.25, -0.2) is 4.98 Å². The molecule has 4 heterocycles. The number of thioether (sulfide) groups is 1. The van der Waals surface area contributed by atoms with Crippen LogP contribution < -0.4 is 20.1 Å². The molecule has 202 valence electrons. The molecule has 2 fully saturated rings. The fraction of sp³-hybridized carbons (Fsp3) is 0.296. The van der Waals surface area contributed by atoms with Crippen LogP contribution in [0, 0.1) is 0 Å². The number of amides is 1. The van der Waals surface area contributed by atoms with E-state index in [0.717, 1.165) is 36.3 Å². The van der Waals surface area contributed by atoms with Crippen LogP contribution in [0.2, 0.25) is 0 Å². The van der Waals surface area contributed by atoms with Gasteiger partial charge in [0, 0.05) is 51.0 Å². The second-order valence-corrected chi connectivity index (χ2v) is 10.8. The molecule has 10 nitrogen and oxygen atoms in total. The number of carboxylic acids is 1. The van der Waals surface area contributed by atoms with Crippen LogP contribution in [0.3, 0.4) is 0 Å². The number of hydrogen-bond donors (Lipinski definition) is 1. The van der Waals surface area contributed by atoms with Crippen molar-refractivity contribution in [1.82, 2.24) is 14.3 Å². The molecule has 3 aromatic rings. The van der Waals surface area contributed by atoms with Crippen LogP contribution in [0.1, 0.15) is 18.4 Å². The molecule has 0 unspecified atom stereocenters. The van der Waals surface area contributed by atoms with Crippen LogP contribution in [-0.2, 0) is 9.59 Å². The highest BCUT2D eigenvalue weighted by Crippen LogP contribution is 2.34. The van der Waals surface area contributed by atoms with Crippen molar-refractivity contribution >= 4 is 63.4 Å². The summed E-state index contributed by atoms with van der Waals surface area (Å²) >= 11 is 6.50. The summed E-state index contributed by atoms with van der Waals surface area (Å²) in [4.78, 5) is 48.6. The quantitative estimate of drug-likeness (QED) is 0.323. The number of methoxy groups -OCH3 is 1. The second kappa shape index (κ2) is 11.5. The molecule has 39 heavy (non-hydrogen) atoms. The number of rotatable bonds is 8. The highest BCUT2D eigenvalue weighted by atomic mass is 32.2. The normalized spacial score (nSPS) is 16.9. The van der Waals surface area contributed by atoms with Gasteiger partial charge in [-0.15, -0.1) is 0 Å². The number of thiocarbonyl (C=S) groups is 1. The summed E-state index contributed by atoms with van der Waals surface area (Å²) in [5.74, 6) is 0.0677. The van der Waals surface area contributed by atoms with Gasteiger partial charge in [0.2, 0.25) is 0 Å². The number of hydrogen-bond acceptors (Lipinski definition) is 9. The zero-order valence-electron chi connectivity index (χ0n) is 21.3. The van der Waals surface area contributed by atoms with Gasteiger partial charge in [0.25, 0.3) is 11.5 Å². The first-order valence-corrected chi connectivity index (χ1v) is 13.7. The van der Waals surface area contributed by atoms with E-state index in [1.807, 2.05) is 30.3 Å². The molecule has 5 rings (SSSR count).